The fourth-order valence-corrected chi connectivity index (χ4v) is 4.00. The summed E-state index contributed by atoms with van der Waals surface area (Å²) in [6, 6.07) is 6.89. The second-order valence-electron chi connectivity index (χ2n) is 5.81. The van der Waals surface area contributed by atoms with Crippen LogP contribution in [-0.4, -0.2) is 30.7 Å². The van der Waals surface area contributed by atoms with Crippen molar-refractivity contribution in [1.82, 2.24) is 10.5 Å². The second-order valence-corrected chi connectivity index (χ2v) is 10.8. The van der Waals surface area contributed by atoms with Gasteiger partial charge in [-0.2, -0.15) is 1.33 Å². The van der Waals surface area contributed by atoms with Crippen LogP contribution in [0.15, 0.2) is 30.6 Å². The molecule has 1 aliphatic carbocycles. The molecule has 0 bridgehead atoms. The summed E-state index contributed by atoms with van der Waals surface area (Å²) in [4.78, 5) is 0. The van der Waals surface area contributed by atoms with E-state index in [0.717, 1.165) is 24.1 Å². The SMILES string of the molecule is COc1ccc(Cn2ccn(C)[c]2=[Pt])cc1OC.IN(I)C1CCC1. The van der Waals surface area contributed by atoms with Gasteiger partial charge in [0.1, 0.15) is 0 Å². The van der Waals surface area contributed by atoms with Crippen LogP contribution in [0, 0.1) is 3.80 Å². The summed E-state index contributed by atoms with van der Waals surface area (Å²) in [5.74, 6) is 1.52. The molecule has 0 saturated heterocycles. The Bertz CT molecular complexity index is 742. The van der Waals surface area contributed by atoms with E-state index >= 15 is 0 Å². The van der Waals surface area contributed by atoms with E-state index < -0.39 is 0 Å². The largest absolute Gasteiger partial charge is 0.185 e. The van der Waals surface area contributed by atoms with Crippen LogP contribution in [0.4, 0.5) is 0 Å². The molecule has 5 nitrogen and oxygen atoms in total. The molecule has 0 spiro atoms. The van der Waals surface area contributed by atoms with E-state index in [1.807, 2.05) is 25.4 Å². The Hall–Kier alpha value is 0.138. The minimum absolute atomic E-state index is 0.758. The van der Waals surface area contributed by atoms with E-state index in [1.165, 1.54) is 28.6 Å². The number of benzene rings is 1. The Kier molecular flexibility index (Phi) is 8.98. The van der Waals surface area contributed by atoms with Crippen molar-refractivity contribution in [1.29, 1.82) is 0 Å². The molecular weight excluding hydrogens is 727 g/mol. The van der Waals surface area contributed by atoms with Crippen molar-refractivity contribution in [2.24, 2.45) is 7.05 Å². The molecule has 1 aliphatic rings. The van der Waals surface area contributed by atoms with Crippen molar-refractivity contribution in [3.63, 3.8) is 0 Å². The van der Waals surface area contributed by atoms with Gasteiger partial charge in [-0.3, -0.25) is 0 Å². The van der Waals surface area contributed by atoms with Crippen LogP contribution in [0.2, 0.25) is 0 Å². The molecule has 3 rings (SSSR count). The molecule has 2 aromatic rings. The van der Waals surface area contributed by atoms with Gasteiger partial charge in [-0.25, -0.2) is 0 Å². The van der Waals surface area contributed by atoms with Gasteiger partial charge in [-0.05, 0) is 12.8 Å². The second kappa shape index (κ2) is 10.5. The van der Waals surface area contributed by atoms with Gasteiger partial charge in [-0.15, -0.1) is 0 Å². The quantitative estimate of drug-likeness (QED) is 0.334. The summed E-state index contributed by atoms with van der Waals surface area (Å²) in [7, 11) is 5.33. The van der Waals surface area contributed by atoms with Gasteiger partial charge in [-0.1, -0.05) is 6.42 Å². The number of nitrogens with zero attached hydrogens (tertiary/aromatic N) is 3. The number of rotatable bonds is 5. The predicted molar refractivity (Wildman–Crippen MR) is 113 cm³/mol. The summed E-state index contributed by atoms with van der Waals surface area (Å²) in [5.41, 5.74) is 1.18. The van der Waals surface area contributed by atoms with Crippen LogP contribution >= 0.6 is 45.7 Å². The molecule has 1 heterocycles. The van der Waals surface area contributed by atoms with Crippen LogP contribution in [-0.2, 0) is 32.9 Å². The first-order valence-electron chi connectivity index (χ1n) is 7.95. The summed E-state index contributed by atoms with van der Waals surface area (Å²) < 4.78 is 18.2. The summed E-state index contributed by atoms with van der Waals surface area (Å²) >= 11 is 6.99. The number of aromatic nitrogens is 2. The van der Waals surface area contributed by atoms with Gasteiger partial charge in [0.15, 0.2) is 0 Å². The Morgan fingerprint density at radius 2 is 1.84 bits per heavy atom. The molecule has 0 aliphatic heterocycles. The molecule has 1 aromatic carbocycles. The number of aryl methyl sites for hydroxylation is 1. The van der Waals surface area contributed by atoms with Gasteiger partial charge in [0, 0.05) is 51.8 Å². The fourth-order valence-electron chi connectivity index (χ4n) is 2.37. The van der Waals surface area contributed by atoms with E-state index in [1.54, 1.807) is 14.2 Å². The predicted octanol–water partition coefficient (Wildman–Crippen LogP) is 4.51. The first kappa shape index (κ1) is 21.4. The molecule has 0 N–H and O–H groups in total. The third-order valence-corrected chi connectivity index (χ3v) is 7.14. The Morgan fingerprint density at radius 3 is 2.24 bits per heavy atom. The molecule has 8 heteroatoms. The topological polar surface area (TPSA) is 31.6 Å². The number of hydrogen-bond donors (Lipinski definition) is 0. The zero-order valence-electron chi connectivity index (χ0n) is 14.5. The number of methoxy groups -OCH3 is 2. The molecular formula is C17H23I2N3O2Pt. The van der Waals surface area contributed by atoms with Crippen molar-refractivity contribution >= 4 is 45.7 Å². The number of ether oxygens (including phenoxy) is 2. The third kappa shape index (κ3) is 6.07. The molecule has 0 atom stereocenters. The fraction of sp³-hybridized carbons (Fsp3) is 0.471. The summed E-state index contributed by atoms with van der Waals surface area (Å²) in [6.45, 7) is 0.819. The Morgan fingerprint density at radius 1 is 1.16 bits per heavy atom. The average molecular weight is 750 g/mol. The van der Waals surface area contributed by atoms with Gasteiger partial charge < -0.3 is 0 Å². The van der Waals surface area contributed by atoms with Gasteiger partial charge in [0.2, 0.25) is 0 Å². The average Bonchev–Trinajstić information content (AvgIpc) is 2.85. The van der Waals surface area contributed by atoms with E-state index in [0.29, 0.717) is 0 Å². The van der Waals surface area contributed by atoms with Crippen LogP contribution in [0.25, 0.3) is 0 Å². The van der Waals surface area contributed by atoms with Crippen LogP contribution < -0.4 is 9.47 Å². The van der Waals surface area contributed by atoms with Gasteiger partial charge in [0.05, 0.1) is 0 Å². The normalized spacial score (nSPS) is 13.9. The first-order valence-corrected chi connectivity index (χ1v) is 11.0. The smallest absolute Gasteiger partial charge is 0.0311 e. The molecule has 25 heavy (non-hydrogen) atoms. The van der Waals surface area contributed by atoms with E-state index in [2.05, 4.69) is 87.8 Å². The maximum atomic E-state index is 5.31. The Balaban J connectivity index is 0.000000269. The van der Waals surface area contributed by atoms with Crippen molar-refractivity contribution in [2.45, 2.75) is 31.8 Å². The minimum Gasteiger partial charge on any atom is -0.185 e. The van der Waals surface area contributed by atoms with Crippen molar-refractivity contribution in [3.8, 4) is 11.5 Å². The van der Waals surface area contributed by atoms with E-state index in [-0.39, 0.29) is 0 Å². The maximum absolute atomic E-state index is 5.31. The molecule has 1 aromatic heterocycles. The molecule has 1 saturated carbocycles. The van der Waals surface area contributed by atoms with Crippen molar-refractivity contribution < 1.29 is 28.8 Å². The molecule has 1 fully saturated rings. The standard InChI is InChI=1S/C13H16N2O2.C4H7I2N.Pt/c1-14-6-7-15(10-14)9-11-4-5-12(16-2)13(8-11)17-3;5-7(6)4-2-1-3-4;/h4-8H,9H2,1-3H3;4H,1-3H2;. The maximum Gasteiger partial charge on any atom is 0.0311 e. The monoisotopic (exact) mass is 750 g/mol. The molecule has 142 valence electrons. The molecule has 0 unspecified atom stereocenters. The Labute approximate surface area is 188 Å². The minimum atomic E-state index is 0.758. The number of hydrogen-bond acceptors (Lipinski definition) is 3. The summed E-state index contributed by atoms with van der Waals surface area (Å²) in [6.07, 6.45) is 8.37. The van der Waals surface area contributed by atoms with Gasteiger partial charge in [0.25, 0.3) is 0 Å². The van der Waals surface area contributed by atoms with Crippen molar-refractivity contribution in [3.05, 3.63) is 40.0 Å². The van der Waals surface area contributed by atoms with Crippen LogP contribution in [0.1, 0.15) is 24.8 Å². The van der Waals surface area contributed by atoms with Crippen LogP contribution in [0.5, 0.6) is 11.5 Å². The van der Waals surface area contributed by atoms with E-state index in [4.69, 9.17) is 9.47 Å². The number of imidazole rings is 1. The van der Waals surface area contributed by atoms with Crippen LogP contribution in [0.3, 0.4) is 0 Å². The number of halogens is 2. The molecule has 0 amide bonds. The zero-order chi connectivity index (χ0) is 18.4. The first-order chi connectivity index (χ1) is 12.0. The van der Waals surface area contributed by atoms with E-state index in [9.17, 15) is 0 Å². The van der Waals surface area contributed by atoms with Gasteiger partial charge >= 0.3 is 117 Å². The third-order valence-electron chi connectivity index (χ3n) is 4.11. The molecule has 0 radical (unpaired) electrons. The summed E-state index contributed by atoms with van der Waals surface area (Å²) in [5, 5.41) is 0. The zero-order valence-corrected chi connectivity index (χ0v) is 21.1. The van der Waals surface area contributed by atoms with Crippen molar-refractivity contribution in [2.75, 3.05) is 14.2 Å².